The van der Waals surface area contributed by atoms with Gasteiger partial charge in [-0.25, -0.2) is 4.39 Å². The number of nitriles is 1. The molecule has 0 aliphatic heterocycles. The summed E-state index contributed by atoms with van der Waals surface area (Å²) < 4.78 is 13.7. The molecule has 1 atom stereocenters. The molecule has 1 N–H and O–H groups in total. The molecular weight excluding hydrogens is 405 g/mol. The minimum absolute atomic E-state index is 0.101. The summed E-state index contributed by atoms with van der Waals surface area (Å²) in [7, 11) is 0. The van der Waals surface area contributed by atoms with E-state index < -0.39 is 0 Å². The topological polar surface area (TPSA) is 73.2 Å². The first kappa shape index (κ1) is 22.7. The van der Waals surface area contributed by atoms with Gasteiger partial charge in [0.2, 0.25) is 5.91 Å². The highest BCUT2D eigenvalue weighted by Gasteiger charge is 2.19. The van der Waals surface area contributed by atoms with Gasteiger partial charge in [0.05, 0.1) is 11.6 Å². The molecule has 0 heterocycles. The first-order valence-corrected chi connectivity index (χ1v) is 10.3. The average molecular weight is 429 g/mol. The molecule has 1 unspecified atom stereocenters. The molecule has 3 aromatic carbocycles. The Hall–Kier alpha value is -3.98. The molecule has 5 nitrogen and oxygen atoms in total. The second-order valence-corrected chi connectivity index (χ2v) is 7.63. The Bertz CT molecular complexity index is 1110. The van der Waals surface area contributed by atoms with E-state index in [2.05, 4.69) is 11.4 Å². The molecule has 0 saturated heterocycles. The lowest BCUT2D eigenvalue weighted by atomic mass is 10.1. The molecule has 0 fully saturated rings. The normalized spacial score (nSPS) is 11.3. The number of benzene rings is 3. The monoisotopic (exact) mass is 429 g/mol. The predicted molar refractivity (Wildman–Crippen MR) is 120 cm³/mol. The van der Waals surface area contributed by atoms with Crippen LogP contribution in [0.15, 0.2) is 78.9 Å². The van der Waals surface area contributed by atoms with E-state index in [-0.39, 0.29) is 36.6 Å². The molecule has 0 bridgehead atoms. The van der Waals surface area contributed by atoms with Gasteiger partial charge in [0.1, 0.15) is 5.82 Å². The highest BCUT2D eigenvalue weighted by molar-refractivity contribution is 5.94. The van der Waals surface area contributed by atoms with Crippen LogP contribution in [0.3, 0.4) is 0 Å². The standard InChI is InChI=1S/C26H24FN3O2/c1-19(29-26(32)23-7-3-2-4-8-23)14-25(31)30(18-22-6-5-9-24(27)15-22)17-21-12-10-20(16-28)11-13-21/h2-13,15,19H,14,17-18H2,1H3,(H,29,32). The Morgan fingerprint density at radius 1 is 0.969 bits per heavy atom. The third kappa shape index (κ3) is 6.51. The zero-order valence-corrected chi connectivity index (χ0v) is 17.8. The fourth-order valence-electron chi connectivity index (χ4n) is 3.33. The van der Waals surface area contributed by atoms with Crippen molar-refractivity contribution in [1.29, 1.82) is 5.26 Å². The first-order chi connectivity index (χ1) is 15.4. The van der Waals surface area contributed by atoms with E-state index in [1.807, 2.05) is 6.07 Å². The number of nitrogens with zero attached hydrogens (tertiary/aromatic N) is 2. The molecule has 0 aromatic heterocycles. The Labute approximate surface area is 187 Å². The highest BCUT2D eigenvalue weighted by Crippen LogP contribution is 2.14. The summed E-state index contributed by atoms with van der Waals surface area (Å²) in [5.41, 5.74) is 2.60. The first-order valence-electron chi connectivity index (χ1n) is 10.3. The largest absolute Gasteiger partial charge is 0.349 e. The van der Waals surface area contributed by atoms with Crippen molar-refractivity contribution in [2.45, 2.75) is 32.5 Å². The van der Waals surface area contributed by atoms with E-state index in [4.69, 9.17) is 5.26 Å². The Kier molecular flexibility index (Phi) is 7.71. The Morgan fingerprint density at radius 2 is 1.66 bits per heavy atom. The SMILES string of the molecule is CC(CC(=O)N(Cc1ccc(C#N)cc1)Cc1cccc(F)c1)NC(=O)c1ccccc1. The average Bonchev–Trinajstić information content (AvgIpc) is 2.79. The zero-order valence-electron chi connectivity index (χ0n) is 17.8. The van der Waals surface area contributed by atoms with Crippen LogP contribution in [0.4, 0.5) is 4.39 Å². The molecule has 0 saturated carbocycles. The lowest BCUT2D eigenvalue weighted by molar-refractivity contribution is -0.132. The maximum atomic E-state index is 13.7. The van der Waals surface area contributed by atoms with Gasteiger partial charge in [-0.2, -0.15) is 5.26 Å². The fourth-order valence-corrected chi connectivity index (χ4v) is 3.33. The summed E-state index contributed by atoms with van der Waals surface area (Å²) in [5, 5.41) is 11.8. The van der Waals surface area contributed by atoms with Gasteiger partial charge in [0.15, 0.2) is 0 Å². The molecule has 0 aliphatic rings. The number of rotatable bonds is 8. The van der Waals surface area contributed by atoms with E-state index in [1.54, 1.807) is 72.5 Å². The molecule has 6 heteroatoms. The highest BCUT2D eigenvalue weighted by atomic mass is 19.1. The van der Waals surface area contributed by atoms with Crippen LogP contribution >= 0.6 is 0 Å². The molecule has 0 spiro atoms. The van der Waals surface area contributed by atoms with Gasteiger partial charge >= 0.3 is 0 Å². The van der Waals surface area contributed by atoms with E-state index >= 15 is 0 Å². The maximum Gasteiger partial charge on any atom is 0.251 e. The number of carbonyl (C=O) groups is 2. The number of hydrogen-bond acceptors (Lipinski definition) is 3. The second-order valence-electron chi connectivity index (χ2n) is 7.63. The van der Waals surface area contributed by atoms with Gasteiger partial charge in [0.25, 0.3) is 5.91 Å². The summed E-state index contributed by atoms with van der Waals surface area (Å²) in [6.07, 6.45) is 0.101. The van der Waals surface area contributed by atoms with Gasteiger partial charge in [-0.1, -0.05) is 42.5 Å². The van der Waals surface area contributed by atoms with Crippen LogP contribution in [-0.2, 0) is 17.9 Å². The third-order valence-electron chi connectivity index (χ3n) is 4.97. The maximum absolute atomic E-state index is 13.7. The molecule has 2 amide bonds. The van der Waals surface area contributed by atoms with E-state index in [0.717, 1.165) is 5.56 Å². The predicted octanol–water partition coefficient (Wildman–Crippen LogP) is 4.43. The zero-order chi connectivity index (χ0) is 22.9. The smallest absolute Gasteiger partial charge is 0.251 e. The van der Waals surface area contributed by atoms with Crippen molar-refractivity contribution in [3.63, 3.8) is 0 Å². The van der Waals surface area contributed by atoms with Crippen LogP contribution in [0.1, 0.15) is 40.4 Å². The van der Waals surface area contributed by atoms with E-state index in [0.29, 0.717) is 23.2 Å². The molecule has 0 aliphatic carbocycles. The molecule has 3 rings (SSSR count). The van der Waals surface area contributed by atoms with Crippen LogP contribution in [0.2, 0.25) is 0 Å². The van der Waals surface area contributed by atoms with E-state index in [1.165, 1.54) is 12.1 Å². The van der Waals surface area contributed by atoms with Crippen LogP contribution in [0.25, 0.3) is 0 Å². The second kappa shape index (κ2) is 10.9. The molecule has 162 valence electrons. The van der Waals surface area contributed by atoms with Crippen molar-refractivity contribution >= 4 is 11.8 Å². The molecule has 3 aromatic rings. The molecular formula is C26H24FN3O2. The summed E-state index contributed by atoms with van der Waals surface area (Å²) in [4.78, 5) is 27.1. The van der Waals surface area contributed by atoms with Gasteiger partial charge in [-0.15, -0.1) is 0 Å². The van der Waals surface area contributed by atoms with Gasteiger partial charge in [-0.3, -0.25) is 9.59 Å². The number of amides is 2. The van der Waals surface area contributed by atoms with Crippen LogP contribution in [-0.4, -0.2) is 22.8 Å². The van der Waals surface area contributed by atoms with Crippen LogP contribution < -0.4 is 5.32 Å². The quantitative estimate of drug-likeness (QED) is 0.576. The fraction of sp³-hybridized carbons (Fsp3) is 0.192. The van der Waals surface area contributed by atoms with Gasteiger partial charge in [0, 0.05) is 31.1 Å². The number of halogens is 1. The number of hydrogen-bond donors (Lipinski definition) is 1. The number of nitrogens with one attached hydrogen (secondary N) is 1. The summed E-state index contributed by atoms with van der Waals surface area (Å²) in [5.74, 6) is -0.772. The minimum Gasteiger partial charge on any atom is -0.349 e. The van der Waals surface area contributed by atoms with Crippen molar-refractivity contribution in [2.75, 3.05) is 0 Å². The van der Waals surface area contributed by atoms with E-state index in [9.17, 15) is 14.0 Å². The van der Waals surface area contributed by atoms with Crippen molar-refractivity contribution in [3.05, 3.63) is 107 Å². The Morgan fingerprint density at radius 3 is 2.31 bits per heavy atom. The van der Waals surface area contributed by atoms with Crippen molar-refractivity contribution in [1.82, 2.24) is 10.2 Å². The minimum atomic E-state index is -0.383. The lowest BCUT2D eigenvalue weighted by Crippen LogP contribution is -2.39. The van der Waals surface area contributed by atoms with Gasteiger partial charge in [-0.05, 0) is 54.4 Å². The third-order valence-corrected chi connectivity index (χ3v) is 4.97. The van der Waals surface area contributed by atoms with Crippen molar-refractivity contribution in [2.24, 2.45) is 0 Å². The number of carbonyl (C=O) groups excluding carboxylic acids is 2. The van der Waals surface area contributed by atoms with Crippen molar-refractivity contribution < 1.29 is 14.0 Å². The van der Waals surface area contributed by atoms with Crippen molar-refractivity contribution in [3.8, 4) is 6.07 Å². The summed E-state index contributed by atoms with van der Waals surface area (Å²) in [6, 6.07) is 23.6. The lowest BCUT2D eigenvalue weighted by Gasteiger charge is -2.25. The molecule has 0 radical (unpaired) electrons. The van der Waals surface area contributed by atoms with Crippen LogP contribution in [0, 0.1) is 17.1 Å². The van der Waals surface area contributed by atoms with Gasteiger partial charge < -0.3 is 10.2 Å². The molecule has 32 heavy (non-hydrogen) atoms. The summed E-state index contributed by atoms with van der Waals surface area (Å²) in [6.45, 7) is 2.32. The Balaban J connectivity index is 1.71. The van der Waals surface area contributed by atoms with Crippen LogP contribution in [0.5, 0.6) is 0 Å². The summed E-state index contributed by atoms with van der Waals surface area (Å²) >= 11 is 0.